The second-order valence-electron chi connectivity index (χ2n) is 8.81. The minimum atomic E-state index is -0.807. The number of amides is 1. The molecule has 188 valence electrons. The number of nitrogens with zero attached hydrogens (tertiary/aromatic N) is 1. The lowest BCUT2D eigenvalue weighted by Gasteiger charge is -2.48. The Kier molecular flexibility index (Phi) is 7.56. The molecule has 1 fully saturated rings. The fraction of sp³-hybridized carbons (Fsp3) is 0.435. The summed E-state index contributed by atoms with van der Waals surface area (Å²) in [7, 11) is 0. The standard InChI is InChI=1S/C23H26N2O9S/c1-11(26)32-15-7-6-13(8-16(15)33-12(2)27)21(29)31-9-14-10-35-20-17(24)19(28)25(20)18(14)22(30)34-23(3,4)5/h6-8,17,20H,9-10,24H2,1-5H3/t17-,20-/m0/s1. The molecule has 2 aliphatic rings. The van der Waals surface area contributed by atoms with E-state index in [0.29, 0.717) is 11.3 Å². The van der Waals surface area contributed by atoms with Gasteiger partial charge in [-0.15, -0.1) is 11.8 Å². The number of carbonyl (C=O) groups excluding carboxylic acids is 5. The summed E-state index contributed by atoms with van der Waals surface area (Å²) in [6.07, 6.45) is 0. The van der Waals surface area contributed by atoms with Crippen molar-refractivity contribution in [2.75, 3.05) is 12.4 Å². The van der Waals surface area contributed by atoms with Crippen molar-refractivity contribution in [3.8, 4) is 11.5 Å². The Morgan fingerprint density at radius 3 is 2.29 bits per heavy atom. The summed E-state index contributed by atoms with van der Waals surface area (Å²) in [5, 5.41) is -0.399. The van der Waals surface area contributed by atoms with E-state index in [-0.39, 0.29) is 29.4 Å². The summed E-state index contributed by atoms with van der Waals surface area (Å²) in [6.45, 7) is 7.14. The van der Waals surface area contributed by atoms with Crippen molar-refractivity contribution in [1.29, 1.82) is 0 Å². The molecule has 0 radical (unpaired) electrons. The minimum absolute atomic E-state index is 0.0139. The maximum atomic E-state index is 12.9. The van der Waals surface area contributed by atoms with Crippen LogP contribution in [0.25, 0.3) is 0 Å². The van der Waals surface area contributed by atoms with Gasteiger partial charge in [0, 0.05) is 25.2 Å². The van der Waals surface area contributed by atoms with Crippen LogP contribution < -0.4 is 15.2 Å². The quantitative estimate of drug-likeness (QED) is 0.340. The van der Waals surface area contributed by atoms with Crippen LogP contribution in [0.1, 0.15) is 45.0 Å². The van der Waals surface area contributed by atoms with E-state index in [1.54, 1.807) is 20.8 Å². The van der Waals surface area contributed by atoms with Crippen LogP contribution in [0.4, 0.5) is 0 Å². The van der Waals surface area contributed by atoms with Gasteiger partial charge in [-0.3, -0.25) is 19.3 Å². The third kappa shape index (κ3) is 6.01. The van der Waals surface area contributed by atoms with Gasteiger partial charge < -0.3 is 24.7 Å². The molecule has 2 aliphatic heterocycles. The number of ether oxygens (including phenoxy) is 4. The molecule has 3 rings (SSSR count). The van der Waals surface area contributed by atoms with Crippen LogP contribution in [-0.2, 0) is 28.7 Å². The molecule has 35 heavy (non-hydrogen) atoms. The van der Waals surface area contributed by atoms with Gasteiger partial charge in [0.1, 0.15) is 29.3 Å². The SMILES string of the molecule is CC(=O)Oc1ccc(C(=O)OCC2=C(C(=O)OC(C)(C)C)N3C(=O)[C@H](N)[C@@H]3SC2)cc1OC(C)=O. The highest BCUT2D eigenvalue weighted by Gasteiger charge is 2.52. The number of fused-ring (bicyclic) bond motifs is 1. The van der Waals surface area contributed by atoms with E-state index in [9.17, 15) is 24.0 Å². The first kappa shape index (κ1) is 26.2. The molecule has 1 saturated heterocycles. The molecular formula is C23H26N2O9S. The maximum Gasteiger partial charge on any atom is 0.355 e. The van der Waals surface area contributed by atoms with E-state index in [4.69, 9.17) is 24.7 Å². The summed E-state index contributed by atoms with van der Waals surface area (Å²) in [6, 6.07) is 3.11. The Balaban J connectivity index is 1.83. The zero-order chi connectivity index (χ0) is 26.1. The second kappa shape index (κ2) is 10.1. The Bertz CT molecular complexity index is 1120. The van der Waals surface area contributed by atoms with Crippen LogP contribution in [0.5, 0.6) is 11.5 Å². The van der Waals surface area contributed by atoms with Crippen LogP contribution in [0, 0.1) is 0 Å². The number of benzene rings is 1. The topological polar surface area (TPSA) is 152 Å². The van der Waals surface area contributed by atoms with Gasteiger partial charge in [0.05, 0.1) is 5.56 Å². The van der Waals surface area contributed by atoms with Gasteiger partial charge in [0.15, 0.2) is 11.5 Å². The normalized spacial score (nSPS) is 19.4. The lowest BCUT2D eigenvalue weighted by Crippen LogP contribution is -2.68. The Morgan fingerprint density at radius 2 is 1.69 bits per heavy atom. The fourth-order valence-electron chi connectivity index (χ4n) is 3.35. The van der Waals surface area contributed by atoms with Crippen molar-refractivity contribution in [1.82, 2.24) is 4.90 Å². The van der Waals surface area contributed by atoms with Gasteiger partial charge in [-0.25, -0.2) is 9.59 Å². The average molecular weight is 507 g/mol. The molecule has 2 atom stereocenters. The van der Waals surface area contributed by atoms with Gasteiger partial charge in [-0.05, 0) is 39.0 Å². The largest absolute Gasteiger partial charge is 0.457 e. The predicted octanol–water partition coefficient (Wildman–Crippen LogP) is 1.53. The van der Waals surface area contributed by atoms with Gasteiger partial charge in [0.2, 0.25) is 5.91 Å². The first-order chi connectivity index (χ1) is 16.3. The van der Waals surface area contributed by atoms with E-state index in [0.717, 1.165) is 6.92 Å². The van der Waals surface area contributed by atoms with Crippen LogP contribution >= 0.6 is 11.8 Å². The van der Waals surface area contributed by atoms with E-state index in [1.807, 2.05) is 0 Å². The van der Waals surface area contributed by atoms with Crippen molar-refractivity contribution in [2.45, 2.75) is 51.6 Å². The molecule has 0 aromatic heterocycles. The summed E-state index contributed by atoms with van der Waals surface area (Å²) < 4.78 is 20.9. The minimum Gasteiger partial charge on any atom is -0.457 e. The number of carbonyl (C=O) groups is 5. The highest BCUT2D eigenvalue weighted by molar-refractivity contribution is 8.00. The predicted molar refractivity (Wildman–Crippen MR) is 123 cm³/mol. The molecular weight excluding hydrogens is 480 g/mol. The number of esters is 4. The Hall–Kier alpha value is -3.38. The molecule has 0 aliphatic carbocycles. The van der Waals surface area contributed by atoms with E-state index in [2.05, 4.69) is 0 Å². The highest BCUT2D eigenvalue weighted by atomic mass is 32.2. The van der Waals surface area contributed by atoms with E-state index in [1.165, 1.54) is 41.8 Å². The van der Waals surface area contributed by atoms with Crippen LogP contribution in [0.15, 0.2) is 29.5 Å². The molecule has 12 heteroatoms. The zero-order valence-electron chi connectivity index (χ0n) is 19.9. The molecule has 0 saturated carbocycles. The lowest BCUT2D eigenvalue weighted by atomic mass is 10.0. The maximum absolute atomic E-state index is 12.9. The van der Waals surface area contributed by atoms with Gasteiger partial charge in [0.25, 0.3) is 0 Å². The molecule has 1 amide bonds. The third-order valence-corrected chi connectivity index (χ3v) is 6.11. The average Bonchev–Trinajstić information content (AvgIpc) is 2.75. The number of nitrogens with two attached hydrogens (primary N) is 1. The Labute approximate surface area is 205 Å². The monoisotopic (exact) mass is 506 g/mol. The molecule has 0 unspecified atom stereocenters. The summed E-state index contributed by atoms with van der Waals surface area (Å²) in [4.78, 5) is 62.0. The molecule has 1 aromatic carbocycles. The molecule has 1 aromatic rings. The second-order valence-corrected chi connectivity index (χ2v) is 9.92. The van der Waals surface area contributed by atoms with Gasteiger partial charge >= 0.3 is 23.9 Å². The summed E-state index contributed by atoms with van der Waals surface area (Å²) in [5.41, 5.74) is 5.49. The number of hydrogen-bond donors (Lipinski definition) is 1. The third-order valence-electron chi connectivity index (χ3n) is 4.74. The zero-order valence-corrected chi connectivity index (χ0v) is 20.7. The highest BCUT2D eigenvalue weighted by Crippen LogP contribution is 2.40. The van der Waals surface area contributed by atoms with Gasteiger partial charge in [-0.2, -0.15) is 0 Å². The van der Waals surface area contributed by atoms with E-state index >= 15 is 0 Å². The van der Waals surface area contributed by atoms with Gasteiger partial charge in [-0.1, -0.05) is 0 Å². The molecule has 2 N–H and O–H groups in total. The molecule has 2 heterocycles. The van der Waals surface area contributed by atoms with Crippen molar-refractivity contribution in [3.63, 3.8) is 0 Å². The van der Waals surface area contributed by atoms with Crippen molar-refractivity contribution in [3.05, 3.63) is 35.0 Å². The van der Waals surface area contributed by atoms with Crippen molar-refractivity contribution >= 4 is 41.5 Å². The number of rotatable bonds is 6. The molecule has 11 nitrogen and oxygen atoms in total. The Morgan fingerprint density at radius 1 is 1.06 bits per heavy atom. The van der Waals surface area contributed by atoms with Crippen molar-refractivity contribution < 1.29 is 42.9 Å². The first-order valence-corrected chi connectivity index (χ1v) is 11.7. The summed E-state index contributed by atoms with van der Waals surface area (Å²) in [5.74, 6) is -3.10. The van der Waals surface area contributed by atoms with Crippen molar-refractivity contribution in [2.24, 2.45) is 5.73 Å². The van der Waals surface area contributed by atoms with Crippen LogP contribution in [-0.4, -0.2) is 64.1 Å². The van der Waals surface area contributed by atoms with E-state index < -0.39 is 46.8 Å². The first-order valence-electron chi connectivity index (χ1n) is 10.6. The fourth-order valence-corrected chi connectivity index (χ4v) is 4.62. The number of hydrogen-bond acceptors (Lipinski definition) is 11. The smallest absolute Gasteiger partial charge is 0.355 e. The van der Waals surface area contributed by atoms with Crippen LogP contribution in [0.2, 0.25) is 0 Å². The number of β-lactam (4-membered cyclic amide) rings is 1. The summed E-state index contributed by atoms with van der Waals surface area (Å²) >= 11 is 1.35. The lowest BCUT2D eigenvalue weighted by molar-refractivity contribution is -0.158. The molecule has 0 spiro atoms. The molecule has 0 bridgehead atoms. The van der Waals surface area contributed by atoms with Crippen LogP contribution in [0.3, 0.4) is 0 Å². The number of thioether (sulfide) groups is 1.